The number of halogens is 3. The molecular weight excluding hydrogens is 387 g/mol. The van der Waals surface area contributed by atoms with E-state index < -0.39 is 11.9 Å². The van der Waals surface area contributed by atoms with Crippen LogP contribution >= 0.6 is 0 Å². The Morgan fingerprint density at radius 3 is 1.97 bits per heavy atom. The fraction of sp³-hybridized carbons (Fsp3) is 0.235. The van der Waals surface area contributed by atoms with Crippen LogP contribution in [0.5, 0.6) is 0 Å². The smallest absolute Gasteiger partial charge is 0.384 e. The lowest BCUT2D eigenvalue weighted by Gasteiger charge is -2.13. The molecule has 0 aliphatic heterocycles. The van der Waals surface area contributed by atoms with Crippen molar-refractivity contribution >= 4 is 35.0 Å². The SMILES string of the molecule is CC(C)Nc1nc(Nc2ccnc(N)c2)nc(Nc2ccnc(C(F)(F)F)c2)n1. The highest BCUT2D eigenvalue weighted by Gasteiger charge is 2.32. The average molecular weight is 405 g/mol. The molecule has 152 valence electrons. The highest BCUT2D eigenvalue weighted by Crippen LogP contribution is 2.29. The summed E-state index contributed by atoms with van der Waals surface area (Å²) in [6, 6.07) is 5.53. The van der Waals surface area contributed by atoms with E-state index in [9.17, 15) is 13.2 Å². The molecule has 0 atom stereocenters. The molecule has 0 unspecified atom stereocenters. The molecule has 12 heteroatoms. The molecule has 0 saturated carbocycles. The number of nitrogens with zero attached hydrogens (tertiary/aromatic N) is 5. The van der Waals surface area contributed by atoms with Crippen LogP contribution in [0.4, 0.5) is 48.2 Å². The lowest BCUT2D eigenvalue weighted by Crippen LogP contribution is -2.15. The van der Waals surface area contributed by atoms with Gasteiger partial charge in [0.15, 0.2) is 0 Å². The Bertz CT molecular complexity index is 992. The first-order valence-electron chi connectivity index (χ1n) is 8.50. The van der Waals surface area contributed by atoms with E-state index in [2.05, 4.69) is 40.9 Å². The van der Waals surface area contributed by atoms with Crippen molar-refractivity contribution in [1.29, 1.82) is 0 Å². The van der Waals surface area contributed by atoms with Gasteiger partial charge in [-0.1, -0.05) is 0 Å². The number of nitrogens with two attached hydrogens (primary N) is 1. The molecule has 3 heterocycles. The molecule has 0 aliphatic carbocycles. The van der Waals surface area contributed by atoms with Crippen molar-refractivity contribution in [3.8, 4) is 0 Å². The van der Waals surface area contributed by atoms with Crippen LogP contribution in [0.2, 0.25) is 0 Å². The van der Waals surface area contributed by atoms with Crippen molar-refractivity contribution in [2.45, 2.75) is 26.1 Å². The molecule has 0 aromatic carbocycles. The van der Waals surface area contributed by atoms with Gasteiger partial charge in [-0.15, -0.1) is 0 Å². The summed E-state index contributed by atoms with van der Waals surface area (Å²) in [7, 11) is 0. The maximum Gasteiger partial charge on any atom is 0.433 e. The van der Waals surface area contributed by atoms with Gasteiger partial charge in [-0.2, -0.15) is 28.1 Å². The van der Waals surface area contributed by atoms with Gasteiger partial charge in [0, 0.05) is 35.9 Å². The van der Waals surface area contributed by atoms with E-state index in [0.717, 1.165) is 12.3 Å². The van der Waals surface area contributed by atoms with Crippen LogP contribution < -0.4 is 21.7 Å². The molecule has 0 amide bonds. The highest BCUT2D eigenvalue weighted by atomic mass is 19.4. The zero-order valence-corrected chi connectivity index (χ0v) is 15.5. The molecule has 0 radical (unpaired) electrons. The fourth-order valence-corrected chi connectivity index (χ4v) is 2.26. The van der Waals surface area contributed by atoms with Crippen molar-refractivity contribution in [1.82, 2.24) is 24.9 Å². The zero-order valence-electron chi connectivity index (χ0n) is 15.5. The van der Waals surface area contributed by atoms with E-state index in [1.54, 1.807) is 12.1 Å². The maximum atomic E-state index is 12.9. The Kier molecular flexibility index (Phi) is 5.61. The Balaban J connectivity index is 1.91. The summed E-state index contributed by atoms with van der Waals surface area (Å²) in [4.78, 5) is 19.9. The third-order valence-corrected chi connectivity index (χ3v) is 3.40. The summed E-state index contributed by atoms with van der Waals surface area (Å²) in [6.45, 7) is 3.79. The van der Waals surface area contributed by atoms with Crippen molar-refractivity contribution in [3.05, 3.63) is 42.4 Å². The summed E-state index contributed by atoms with van der Waals surface area (Å²) in [6.07, 6.45) is -1.99. The summed E-state index contributed by atoms with van der Waals surface area (Å²) in [5.41, 5.74) is 5.36. The summed E-state index contributed by atoms with van der Waals surface area (Å²) < 4.78 is 38.7. The van der Waals surface area contributed by atoms with Crippen LogP contribution in [-0.4, -0.2) is 31.0 Å². The van der Waals surface area contributed by atoms with Gasteiger partial charge >= 0.3 is 6.18 Å². The molecule has 0 saturated heterocycles. The van der Waals surface area contributed by atoms with E-state index in [0.29, 0.717) is 11.5 Å². The van der Waals surface area contributed by atoms with Gasteiger partial charge in [0.05, 0.1) is 0 Å². The monoisotopic (exact) mass is 405 g/mol. The number of hydrogen-bond donors (Lipinski definition) is 4. The van der Waals surface area contributed by atoms with Gasteiger partial charge in [-0.05, 0) is 32.0 Å². The van der Waals surface area contributed by atoms with Crippen molar-refractivity contribution < 1.29 is 13.2 Å². The minimum Gasteiger partial charge on any atom is -0.384 e. The minimum atomic E-state index is -4.56. The summed E-state index contributed by atoms with van der Waals surface area (Å²) in [5.74, 6) is 0.764. The first kappa shape index (κ1) is 20.0. The quantitative estimate of drug-likeness (QED) is 0.487. The van der Waals surface area contributed by atoms with Crippen LogP contribution in [0.1, 0.15) is 19.5 Å². The zero-order chi connectivity index (χ0) is 21.0. The highest BCUT2D eigenvalue weighted by molar-refractivity contribution is 5.60. The second-order valence-electron chi connectivity index (χ2n) is 6.25. The minimum absolute atomic E-state index is 0.0208. The Morgan fingerprint density at radius 2 is 1.41 bits per heavy atom. The first-order chi connectivity index (χ1) is 13.7. The number of rotatable bonds is 6. The van der Waals surface area contributed by atoms with E-state index in [1.807, 2.05) is 13.8 Å². The van der Waals surface area contributed by atoms with Crippen LogP contribution in [0.25, 0.3) is 0 Å². The second kappa shape index (κ2) is 8.12. The lowest BCUT2D eigenvalue weighted by molar-refractivity contribution is -0.141. The number of anilines is 6. The standard InChI is InChI=1S/C17H18F3N9/c1-9(2)24-14-27-15(25-10-3-5-22-12(7-10)17(18,19)20)29-16(28-14)26-11-4-6-23-13(21)8-11/h3-9H,1-2H3,(H5,21,22,23,24,25,26,27,28,29). The van der Waals surface area contributed by atoms with Gasteiger partial charge in [-0.25, -0.2) is 4.98 Å². The topological polar surface area (TPSA) is 127 Å². The van der Waals surface area contributed by atoms with Crippen LogP contribution in [0.15, 0.2) is 36.7 Å². The van der Waals surface area contributed by atoms with Crippen molar-refractivity contribution in [2.24, 2.45) is 0 Å². The first-order valence-corrected chi connectivity index (χ1v) is 8.50. The number of aromatic nitrogens is 5. The molecule has 3 aromatic rings. The molecule has 5 N–H and O–H groups in total. The predicted octanol–water partition coefficient (Wildman–Crippen LogP) is 3.57. The number of hydrogen-bond acceptors (Lipinski definition) is 9. The van der Waals surface area contributed by atoms with E-state index in [4.69, 9.17) is 5.73 Å². The van der Waals surface area contributed by atoms with Gasteiger partial charge in [-0.3, -0.25) is 4.98 Å². The summed E-state index contributed by atoms with van der Waals surface area (Å²) in [5, 5.41) is 8.75. The predicted molar refractivity (Wildman–Crippen MR) is 103 cm³/mol. The van der Waals surface area contributed by atoms with Gasteiger partial charge in [0.2, 0.25) is 17.8 Å². The van der Waals surface area contributed by atoms with E-state index in [1.165, 1.54) is 12.3 Å². The number of nitrogens with one attached hydrogen (secondary N) is 3. The normalized spacial score (nSPS) is 11.4. The molecule has 3 rings (SSSR count). The Morgan fingerprint density at radius 1 is 0.862 bits per heavy atom. The molecular formula is C17H18F3N9. The van der Waals surface area contributed by atoms with Gasteiger partial charge in [0.25, 0.3) is 0 Å². The second-order valence-corrected chi connectivity index (χ2v) is 6.25. The number of alkyl halides is 3. The fourth-order valence-electron chi connectivity index (χ4n) is 2.26. The van der Waals surface area contributed by atoms with Crippen LogP contribution in [-0.2, 0) is 6.18 Å². The molecule has 0 spiro atoms. The molecule has 9 nitrogen and oxygen atoms in total. The number of nitrogen functional groups attached to an aromatic ring is 1. The van der Waals surface area contributed by atoms with Crippen LogP contribution in [0, 0.1) is 0 Å². The van der Waals surface area contributed by atoms with Crippen LogP contribution in [0.3, 0.4) is 0 Å². The van der Waals surface area contributed by atoms with Gasteiger partial charge < -0.3 is 21.7 Å². The third kappa shape index (κ3) is 5.64. The Hall–Kier alpha value is -3.70. The van der Waals surface area contributed by atoms with E-state index >= 15 is 0 Å². The van der Waals surface area contributed by atoms with Crippen molar-refractivity contribution in [3.63, 3.8) is 0 Å². The number of pyridine rings is 2. The molecule has 3 aromatic heterocycles. The lowest BCUT2D eigenvalue weighted by atomic mass is 10.3. The van der Waals surface area contributed by atoms with Gasteiger partial charge in [0.1, 0.15) is 11.5 Å². The Labute approximate surface area is 164 Å². The molecule has 29 heavy (non-hydrogen) atoms. The van der Waals surface area contributed by atoms with Crippen molar-refractivity contribution in [2.75, 3.05) is 21.7 Å². The molecule has 0 aliphatic rings. The third-order valence-electron chi connectivity index (χ3n) is 3.40. The average Bonchev–Trinajstić information content (AvgIpc) is 2.60. The van der Waals surface area contributed by atoms with E-state index in [-0.39, 0.29) is 29.6 Å². The summed E-state index contributed by atoms with van der Waals surface area (Å²) >= 11 is 0. The maximum absolute atomic E-state index is 12.9. The molecule has 0 fully saturated rings. The molecule has 0 bridgehead atoms. The largest absolute Gasteiger partial charge is 0.433 e.